The predicted octanol–water partition coefficient (Wildman–Crippen LogP) is 5.62. The molecule has 7 heteroatoms. The van der Waals surface area contributed by atoms with Crippen LogP contribution in [0.4, 0.5) is 0 Å². The summed E-state index contributed by atoms with van der Waals surface area (Å²) in [5.41, 5.74) is 3.28. The molecular weight excluding hydrogens is 424 g/mol. The number of hydrogen-bond acceptors (Lipinski definition) is 3. The molecule has 0 aliphatic carbocycles. The highest BCUT2D eigenvalue weighted by molar-refractivity contribution is 7.89. The van der Waals surface area contributed by atoms with Crippen molar-refractivity contribution in [2.24, 2.45) is 0 Å². The van der Waals surface area contributed by atoms with Gasteiger partial charge in [0.2, 0.25) is 10.0 Å². The van der Waals surface area contributed by atoms with E-state index < -0.39 is 10.0 Å². The lowest BCUT2D eigenvalue weighted by molar-refractivity contribution is 0.412. The van der Waals surface area contributed by atoms with Crippen molar-refractivity contribution in [2.45, 2.75) is 24.8 Å². The van der Waals surface area contributed by atoms with Crippen molar-refractivity contribution in [3.8, 4) is 0 Å². The molecule has 4 nitrogen and oxygen atoms in total. The number of hydrogen-bond donors (Lipinski definition) is 1. The molecule has 0 saturated carbocycles. The zero-order valence-electron chi connectivity index (χ0n) is 15.9. The normalized spacial score (nSPS) is 12.1. The van der Waals surface area contributed by atoms with Crippen LogP contribution in [0.1, 0.15) is 16.0 Å². The van der Waals surface area contributed by atoms with Crippen LogP contribution in [0, 0.1) is 6.92 Å². The second-order valence-corrected chi connectivity index (χ2v) is 10.3. The second-order valence-electron chi connectivity index (χ2n) is 6.93. The number of halogens is 1. The van der Waals surface area contributed by atoms with Crippen LogP contribution in [0.3, 0.4) is 0 Å². The fraction of sp³-hybridized carbons (Fsp3) is 0.182. The van der Waals surface area contributed by atoms with Gasteiger partial charge in [-0.1, -0.05) is 29.8 Å². The van der Waals surface area contributed by atoms with Gasteiger partial charge in [-0.15, -0.1) is 11.3 Å². The van der Waals surface area contributed by atoms with Gasteiger partial charge in [-0.3, -0.25) is 0 Å². The fourth-order valence-electron chi connectivity index (χ4n) is 3.35. The molecule has 0 spiro atoms. The molecule has 0 atom stereocenters. The molecule has 0 radical (unpaired) electrons. The quantitative estimate of drug-likeness (QED) is 0.402. The third-order valence-electron chi connectivity index (χ3n) is 5.05. The molecule has 0 unspecified atom stereocenters. The van der Waals surface area contributed by atoms with Crippen LogP contribution >= 0.6 is 22.9 Å². The minimum absolute atomic E-state index is 0.259. The Kier molecular flexibility index (Phi) is 5.79. The lowest BCUT2D eigenvalue weighted by Gasteiger charge is -2.22. The summed E-state index contributed by atoms with van der Waals surface area (Å²) in [5.74, 6) is 0. The highest BCUT2D eigenvalue weighted by atomic mass is 35.5. The van der Waals surface area contributed by atoms with Gasteiger partial charge in [0.05, 0.1) is 4.90 Å². The van der Waals surface area contributed by atoms with Gasteiger partial charge in [-0.25, -0.2) is 8.42 Å². The van der Waals surface area contributed by atoms with E-state index in [9.17, 15) is 8.42 Å². The summed E-state index contributed by atoms with van der Waals surface area (Å²) < 4.78 is 28.3. The van der Waals surface area contributed by atoms with Crippen LogP contribution in [0.25, 0.3) is 10.9 Å². The van der Waals surface area contributed by atoms with Crippen LogP contribution in [0.2, 0.25) is 5.02 Å². The van der Waals surface area contributed by atoms with Gasteiger partial charge in [0.15, 0.2) is 0 Å². The van der Waals surface area contributed by atoms with E-state index in [1.165, 1.54) is 0 Å². The monoisotopic (exact) mass is 444 g/mol. The summed E-state index contributed by atoms with van der Waals surface area (Å²) in [4.78, 5) is 4.58. The summed E-state index contributed by atoms with van der Waals surface area (Å²) in [6.07, 6.45) is 2.59. The first-order chi connectivity index (χ1) is 13.9. The number of sulfonamides is 1. The lowest BCUT2D eigenvalue weighted by atomic mass is 10.1. The summed E-state index contributed by atoms with van der Waals surface area (Å²) >= 11 is 7.54. The number of nitrogens with zero attached hydrogens (tertiary/aromatic N) is 1. The van der Waals surface area contributed by atoms with Gasteiger partial charge >= 0.3 is 0 Å². The minimum atomic E-state index is -3.65. The fourth-order valence-corrected chi connectivity index (χ4v) is 5.89. The zero-order chi connectivity index (χ0) is 20.4. The number of nitrogens with one attached hydrogen (secondary N) is 1. The summed E-state index contributed by atoms with van der Waals surface area (Å²) in [6.45, 7) is 2.76. The molecule has 0 fully saturated rings. The molecule has 2 aromatic carbocycles. The Labute approximate surface area is 179 Å². The number of aromatic nitrogens is 1. The smallest absolute Gasteiger partial charge is 0.243 e. The number of H-pyrrole nitrogens is 1. The maximum atomic E-state index is 13.4. The van der Waals surface area contributed by atoms with E-state index in [1.807, 2.05) is 42.8 Å². The van der Waals surface area contributed by atoms with Gasteiger partial charge in [-0.2, -0.15) is 4.31 Å². The number of thiophene rings is 1. The number of para-hydroxylation sites is 1. The molecule has 29 heavy (non-hydrogen) atoms. The molecule has 4 rings (SSSR count). The molecular formula is C22H21ClN2O2S2. The first-order valence-electron chi connectivity index (χ1n) is 9.29. The van der Waals surface area contributed by atoms with Crippen LogP contribution in [0.5, 0.6) is 0 Å². The third-order valence-corrected chi connectivity index (χ3v) is 8.16. The minimum Gasteiger partial charge on any atom is -0.361 e. The lowest BCUT2D eigenvalue weighted by Crippen LogP contribution is -2.32. The maximum Gasteiger partial charge on any atom is 0.243 e. The van der Waals surface area contributed by atoms with E-state index in [0.717, 1.165) is 26.9 Å². The van der Waals surface area contributed by atoms with Gasteiger partial charge in [0, 0.05) is 40.1 Å². The number of aromatic amines is 1. The van der Waals surface area contributed by atoms with Crippen molar-refractivity contribution in [1.29, 1.82) is 0 Å². The summed E-state index contributed by atoms with van der Waals surface area (Å²) in [6, 6.07) is 16.4. The Morgan fingerprint density at radius 3 is 2.55 bits per heavy atom. The van der Waals surface area contributed by atoms with Crippen LogP contribution in [-0.2, 0) is 23.0 Å². The van der Waals surface area contributed by atoms with Crippen LogP contribution < -0.4 is 0 Å². The van der Waals surface area contributed by atoms with Crippen molar-refractivity contribution >= 4 is 43.9 Å². The molecule has 2 heterocycles. The van der Waals surface area contributed by atoms with Gasteiger partial charge in [0.1, 0.15) is 0 Å². The van der Waals surface area contributed by atoms with Crippen LogP contribution in [-0.4, -0.2) is 24.3 Å². The number of aryl methyl sites for hydroxylation is 1. The van der Waals surface area contributed by atoms with E-state index in [-0.39, 0.29) is 4.90 Å². The van der Waals surface area contributed by atoms with Gasteiger partial charge in [0.25, 0.3) is 0 Å². The SMILES string of the molecule is Cc1ccsc1CN(CCc1c[nH]c2ccccc12)S(=O)(=O)c1ccc(Cl)cc1. The Balaban J connectivity index is 1.64. The average molecular weight is 445 g/mol. The molecule has 4 aromatic rings. The number of fused-ring (bicyclic) bond motifs is 1. The third kappa shape index (κ3) is 4.26. The molecule has 2 aromatic heterocycles. The van der Waals surface area contributed by atoms with E-state index in [0.29, 0.717) is 24.5 Å². The Hall–Kier alpha value is -2.12. The first kappa shape index (κ1) is 20.2. The Morgan fingerprint density at radius 2 is 1.83 bits per heavy atom. The van der Waals surface area contributed by atoms with E-state index in [1.54, 1.807) is 39.9 Å². The molecule has 0 saturated heterocycles. The maximum absolute atomic E-state index is 13.4. The average Bonchev–Trinajstić information content (AvgIpc) is 3.31. The van der Waals surface area contributed by atoms with Crippen molar-refractivity contribution < 1.29 is 8.42 Å². The predicted molar refractivity (Wildman–Crippen MR) is 120 cm³/mol. The molecule has 0 amide bonds. The standard InChI is InChI=1S/C22H21ClN2O2S2/c1-16-11-13-28-22(16)15-25(29(26,27)19-8-6-18(23)7-9-19)12-10-17-14-24-21-5-3-2-4-20(17)21/h2-9,11,13-14,24H,10,12,15H2,1H3. The number of benzene rings is 2. The largest absolute Gasteiger partial charge is 0.361 e. The van der Waals surface area contributed by atoms with E-state index in [4.69, 9.17) is 11.6 Å². The topological polar surface area (TPSA) is 53.2 Å². The van der Waals surface area contributed by atoms with Crippen molar-refractivity contribution in [2.75, 3.05) is 6.54 Å². The highest BCUT2D eigenvalue weighted by Crippen LogP contribution is 2.25. The van der Waals surface area contributed by atoms with Gasteiger partial charge < -0.3 is 4.98 Å². The molecule has 0 bridgehead atoms. The van der Waals surface area contributed by atoms with Crippen molar-refractivity contribution in [1.82, 2.24) is 9.29 Å². The van der Waals surface area contributed by atoms with E-state index in [2.05, 4.69) is 11.1 Å². The van der Waals surface area contributed by atoms with Gasteiger partial charge in [-0.05, 0) is 66.2 Å². The highest BCUT2D eigenvalue weighted by Gasteiger charge is 2.25. The van der Waals surface area contributed by atoms with Crippen molar-refractivity contribution in [3.05, 3.63) is 87.2 Å². The number of rotatable bonds is 7. The molecule has 0 aliphatic rings. The first-order valence-corrected chi connectivity index (χ1v) is 12.0. The van der Waals surface area contributed by atoms with E-state index >= 15 is 0 Å². The molecule has 150 valence electrons. The molecule has 0 aliphatic heterocycles. The summed E-state index contributed by atoms with van der Waals surface area (Å²) in [7, 11) is -3.65. The zero-order valence-corrected chi connectivity index (χ0v) is 18.3. The Morgan fingerprint density at radius 1 is 1.07 bits per heavy atom. The van der Waals surface area contributed by atoms with Crippen molar-refractivity contribution in [3.63, 3.8) is 0 Å². The summed E-state index contributed by atoms with van der Waals surface area (Å²) in [5, 5.41) is 3.64. The Bertz CT molecular complexity index is 1230. The molecule has 1 N–H and O–H groups in total. The second kappa shape index (κ2) is 8.32. The van der Waals surface area contributed by atoms with Crippen LogP contribution in [0.15, 0.2) is 71.1 Å².